The molecule has 0 spiro atoms. The van der Waals surface area contributed by atoms with Crippen LogP contribution in [0.2, 0.25) is 5.15 Å². The monoisotopic (exact) mass is 347 g/mol. The summed E-state index contributed by atoms with van der Waals surface area (Å²) in [7, 11) is 1.57. The number of nitrogens with zero attached hydrogens (tertiary/aromatic N) is 2. The molecule has 0 bridgehead atoms. The fraction of sp³-hybridized carbons (Fsp3) is 0.250. The molecule has 1 aromatic carbocycles. The number of anilines is 2. The zero-order valence-electron chi connectivity index (χ0n) is 13.6. The predicted molar refractivity (Wildman–Crippen MR) is 92.8 cm³/mol. The van der Waals surface area contributed by atoms with E-state index in [-0.39, 0.29) is 22.6 Å². The summed E-state index contributed by atoms with van der Waals surface area (Å²) in [4.78, 5) is 31.7. The van der Waals surface area contributed by atoms with E-state index in [1.54, 1.807) is 25.2 Å². The highest BCUT2D eigenvalue weighted by Gasteiger charge is 2.17. The zero-order chi connectivity index (χ0) is 17.9. The average Bonchev–Trinajstić information content (AvgIpc) is 2.55. The predicted octanol–water partition coefficient (Wildman–Crippen LogP) is 2.20. The number of nitrogens with one attached hydrogen (secondary N) is 2. The van der Waals surface area contributed by atoms with E-state index in [0.717, 1.165) is 5.56 Å². The second-order valence-electron chi connectivity index (χ2n) is 5.11. The minimum absolute atomic E-state index is 0.0195. The molecule has 0 aliphatic rings. The maximum atomic E-state index is 11.7. The maximum absolute atomic E-state index is 11.7. The molecular formula is C16H18ClN5O2. The number of aryl methyl sites for hydroxylation is 2. The molecule has 0 aliphatic heterocycles. The molecule has 0 aliphatic carbocycles. The van der Waals surface area contributed by atoms with Crippen LogP contribution in [-0.4, -0.2) is 28.8 Å². The van der Waals surface area contributed by atoms with Crippen LogP contribution < -0.4 is 16.4 Å². The van der Waals surface area contributed by atoms with Gasteiger partial charge in [0.25, 0.3) is 11.8 Å². The molecule has 2 rings (SSSR count). The Balaban J connectivity index is 2.42. The van der Waals surface area contributed by atoms with Crippen LogP contribution in [0, 0.1) is 6.92 Å². The van der Waals surface area contributed by atoms with Gasteiger partial charge in [-0.1, -0.05) is 18.5 Å². The standard InChI is InChI=1S/C16H18ClN5O2/c1-4-10-13(17)22-15(12(20-10)14(18)23)21-11-6-5-9(7-8(11)2)16(24)19-3/h5-7H,4H2,1-3H3,(H2,18,23)(H,19,24)(H,21,22). The van der Waals surface area contributed by atoms with Gasteiger partial charge in [-0.3, -0.25) is 9.59 Å². The Morgan fingerprint density at radius 1 is 1.29 bits per heavy atom. The van der Waals surface area contributed by atoms with Crippen molar-refractivity contribution >= 4 is 34.9 Å². The number of primary amides is 1. The van der Waals surface area contributed by atoms with Crippen molar-refractivity contribution in [3.05, 3.63) is 45.9 Å². The summed E-state index contributed by atoms with van der Waals surface area (Å²) in [6, 6.07) is 5.10. The Labute approximate surface area is 144 Å². The molecule has 0 radical (unpaired) electrons. The largest absolute Gasteiger partial charge is 0.364 e. The van der Waals surface area contributed by atoms with E-state index in [0.29, 0.717) is 23.4 Å². The Morgan fingerprint density at radius 2 is 2.00 bits per heavy atom. The quantitative estimate of drug-likeness (QED) is 0.768. The third kappa shape index (κ3) is 3.62. The smallest absolute Gasteiger partial charge is 0.271 e. The second kappa shape index (κ2) is 7.27. The molecule has 126 valence electrons. The lowest BCUT2D eigenvalue weighted by Gasteiger charge is -2.13. The molecule has 0 unspecified atom stereocenters. The molecule has 0 atom stereocenters. The van der Waals surface area contributed by atoms with Crippen molar-refractivity contribution in [1.29, 1.82) is 0 Å². The molecule has 8 heteroatoms. The molecule has 1 aromatic heterocycles. The highest BCUT2D eigenvalue weighted by atomic mass is 35.5. The lowest BCUT2D eigenvalue weighted by molar-refractivity contribution is 0.0961. The highest BCUT2D eigenvalue weighted by Crippen LogP contribution is 2.25. The van der Waals surface area contributed by atoms with E-state index in [1.165, 1.54) is 0 Å². The Hall–Kier alpha value is -2.67. The Kier molecular flexibility index (Phi) is 5.35. The molecule has 24 heavy (non-hydrogen) atoms. The molecule has 2 amide bonds. The molecular weight excluding hydrogens is 330 g/mol. The van der Waals surface area contributed by atoms with Gasteiger partial charge in [-0.15, -0.1) is 0 Å². The average molecular weight is 348 g/mol. The van der Waals surface area contributed by atoms with E-state index in [1.807, 2.05) is 13.8 Å². The summed E-state index contributed by atoms with van der Waals surface area (Å²) in [5.74, 6) is -0.700. The molecule has 0 saturated heterocycles. The number of hydrogen-bond acceptors (Lipinski definition) is 5. The van der Waals surface area contributed by atoms with Crippen LogP contribution in [0.25, 0.3) is 0 Å². The van der Waals surface area contributed by atoms with Gasteiger partial charge in [0.15, 0.2) is 16.7 Å². The normalized spacial score (nSPS) is 10.3. The summed E-state index contributed by atoms with van der Waals surface area (Å²) >= 11 is 6.08. The summed E-state index contributed by atoms with van der Waals surface area (Å²) < 4.78 is 0. The lowest BCUT2D eigenvalue weighted by Crippen LogP contribution is -2.19. The number of amides is 2. The van der Waals surface area contributed by atoms with Gasteiger partial charge in [-0.05, 0) is 37.1 Å². The lowest BCUT2D eigenvalue weighted by atomic mass is 10.1. The van der Waals surface area contributed by atoms with Crippen molar-refractivity contribution in [2.75, 3.05) is 12.4 Å². The number of benzene rings is 1. The first kappa shape index (κ1) is 17.7. The van der Waals surface area contributed by atoms with Gasteiger partial charge in [0, 0.05) is 18.3 Å². The van der Waals surface area contributed by atoms with Gasteiger partial charge in [0.2, 0.25) is 0 Å². The minimum atomic E-state index is -0.698. The van der Waals surface area contributed by atoms with Crippen LogP contribution in [0.4, 0.5) is 11.5 Å². The molecule has 0 fully saturated rings. The number of nitrogens with two attached hydrogens (primary N) is 1. The fourth-order valence-electron chi connectivity index (χ4n) is 2.15. The molecule has 4 N–H and O–H groups in total. The van der Waals surface area contributed by atoms with Crippen LogP contribution in [0.3, 0.4) is 0 Å². The van der Waals surface area contributed by atoms with E-state index < -0.39 is 5.91 Å². The van der Waals surface area contributed by atoms with E-state index in [9.17, 15) is 9.59 Å². The van der Waals surface area contributed by atoms with Crippen LogP contribution in [0.5, 0.6) is 0 Å². The van der Waals surface area contributed by atoms with Crippen LogP contribution in [0.15, 0.2) is 18.2 Å². The van der Waals surface area contributed by atoms with Crippen molar-refractivity contribution < 1.29 is 9.59 Å². The zero-order valence-corrected chi connectivity index (χ0v) is 14.4. The number of carbonyl (C=O) groups excluding carboxylic acids is 2. The second-order valence-corrected chi connectivity index (χ2v) is 5.47. The van der Waals surface area contributed by atoms with Crippen LogP contribution >= 0.6 is 11.6 Å². The van der Waals surface area contributed by atoms with Crippen LogP contribution in [0.1, 0.15) is 39.0 Å². The molecule has 1 heterocycles. The molecule has 7 nitrogen and oxygen atoms in total. The summed E-state index contributed by atoms with van der Waals surface area (Å²) in [5.41, 5.74) is 7.90. The van der Waals surface area contributed by atoms with Gasteiger partial charge >= 0.3 is 0 Å². The first-order chi connectivity index (χ1) is 11.4. The topological polar surface area (TPSA) is 110 Å². The van der Waals surface area contributed by atoms with Gasteiger partial charge in [0.1, 0.15) is 0 Å². The van der Waals surface area contributed by atoms with E-state index in [4.69, 9.17) is 17.3 Å². The SMILES string of the molecule is CCc1nc(C(N)=O)c(Nc2ccc(C(=O)NC)cc2C)nc1Cl. The summed E-state index contributed by atoms with van der Waals surface area (Å²) in [6.07, 6.45) is 0.534. The van der Waals surface area contributed by atoms with Crippen molar-refractivity contribution in [3.63, 3.8) is 0 Å². The van der Waals surface area contributed by atoms with Crippen molar-refractivity contribution in [2.24, 2.45) is 5.73 Å². The fourth-order valence-corrected chi connectivity index (χ4v) is 2.41. The third-order valence-corrected chi connectivity index (χ3v) is 3.76. The Bertz CT molecular complexity index is 807. The number of aromatic nitrogens is 2. The van der Waals surface area contributed by atoms with Gasteiger partial charge in [-0.2, -0.15) is 0 Å². The van der Waals surface area contributed by atoms with Gasteiger partial charge < -0.3 is 16.4 Å². The van der Waals surface area contributed by atoms with Gasteiger partial charge in [-0.25, -0.2) is 9.97 Å². The van der Waals surface area contributed by atoms with Crippen molar-refractivity contribution in [3.8, 4) is 0 Å². The Morgan fingerprint density at radius 3 is 2.54 bits per heavy atom. The third-order valence-electron chi connectivity index (χ3n) is 3.46. The summed E-state index contributed by atoms with van der Waals surface area (Å²) in [5, 5.41) is 5.78. The molecule has 2 aromatic rings. The van der Waals surface area contributed by atoms with Crippen molar-refractivity contribution in [2.45, 2.75) is 20.3 Å². The van der Waals surface area contributed by atoms with E-state index in [2.05, 4.69) is 20.6 Å². The maximum Gasteiger partial charge on any atom is 0.271 e. The first-order valence-electron chi connectivity index (χ1n) is 7.33. The first-order valence-corrected chi connectivity index (χ1v) is 7.71. The van der Waals surface area contributed by atoms with Crippen molar-refractivity contribution in [1.82, 2.24) is 15.3 Å². The highest BCUT2D eigenvalue weighted by molar-refractivity contribution is 6.30. The number of carbonyl (C=O) groups is 2. The van der Waals surface area contributed by atoms with Crippen LogP contribution in [-0.2, 0) is 6.42 Å². The van der Waals surface area contributed by atoms with E-state index >= 15 is 0 Å². The summed E-state index contributed by atoms with van der Waals surface area (Å²) in [6.45, 7) is 3.68. The number of rotatable bonds is 5. The minimum Gasteiger partial charge on any atom is -0.364 e. The number of hydrogen-bond donors (Lipinski definition) is 3. The molecule has 0 saturated carbocycles. The van der Waals surface area contributed by atoms with Gasteiger partial charge in [0.05, 0.1) is 5.69 Å². The number of halogens is 1.